The van der Waals surface area contributed by atoms with Gasteiger partial charge < -0.3 is 9.63 Å². The molecule has 0 bridgehead atoms. The number of carboxylic acids is 1. The predicted octanol–water partition coefficient (Wildman–Crippen LogP) is 0.525. The third-order valence-electron chi connectivity index (χ3n) is 2.39. The van der Waals surface area contributed by atoms with Crippen molar-refractivity contribution in [2.75, 3.05) is 0 Å². The normalized spacial score (nSPS) is 11.5. The van der Waals surface area contributed by atoms with Gasteiger partial charge in [-0.25, -0.2) is 26.7 Å². The van der Waals surface area contributed by atoms with Crippen molar-refractivity contribution in [1.29, 1.82) is 0 Å². The molecule has 0 fully saturated rings. The Kier molecular flexibility index (Phi) is 3.95. The number of nitrogens with zero attached hydrogens (tertiary/aromatic N) is 2. The Bertz CT molecular complexity index is 776. The van der Waals surface area contributed by atoms with E-state index >= 15 is 0 Å². The van der Waals surface area contributed by atoms with E-state index in [2.05, 4.69) is 14.7 Å². The van der Waals surface area contributed by atoms with Gasteiger partial charge in [0, 0.05) is 0 Å². The highest BCUT2D eigenvalue weighted by molar-refractivity contribution is 7.89. The molecule has 112 valence electrons. The van der Waals surface area contributed by atoms with Crippen molar-refractivity contribution in [2.24, 2.45) is 0 Å². The van der Waals surface area contributed by atoms with Gasteiger partial charge in [0.25, 0.3) is 0 Å². The molecule has 0 spiro atoms. The molecule has 8 nitrogen and oxygen atoms in total. The van der Waals surface area contributed by atoms with Crippen molar-refractivity contribution in [2.45, 2.75) is 11.4 Å². The summed E-state index contributed by atoms with van der Waals surface area (Å²) in [5, 5.41) is 12.0. The summed E-state index contributed by atoms with van der Waals surface area (Å²) in [7, 11) is -4.42. The molecule has 0 unspecified atom stereocenters. The quantitative estimate of drug-likeness (QED) is 0.823. The van der Waals surface area contributed by atoms with Crippen molar-refractivity contribution in [3.05, 3.63) is 41.5 Å². The van der Waals surface area contributed by atoms with E-state index in [0.29, 0.717) is 12.1 Å². The van der Waals surface area contributed by atoms with E-state index in [1.807, 2.05) is 4.72 Å². The molecule has 0 atom stereocenters. The molecule has 2 aromatic rings. The van der Waals surface area contributed by atoms with Crippen LogP contribution in [0.2, 0.25) is 0 Å². The number of aromatic carboxylic acids is 1. The van der Waals surface area contributed by atoms with Gasteiger partial charge in [0.2, 0.25) is 16.4 Å². The Morgan fingerprint density at radius 2 is 2.10 bits per heavy atom. The first-order valence-electron chi connectivity index (χ1n) is 5.29. The van der Waals surface area contributed by atoms with E-state index in [1.165, 1.54) is 0 Å². The van der Waals surface area contributed by atoms with Crippen LogP contribution in [-0.4, -0.2) is 29.6 Å². The number of carboxylic acid groups (broad SMARTS) is 1. The van der Waals surface area contributed by atoms with Crippen LogP contribution in [0.25, 0.3) is 0 Å². The molecule has 2 rings (SSSR count). The molecule has 0 aliphatic heterocycles. The first-order valence-corrected chi connectivity index (χ1v) is 6.77. The van der Waals surface area contributed by atoms with Crippen LogP contribution >= 0.6 is 0 Å². The number of aromatic nitrogens is 2. The van der Waals surface area contributed by atoms with Crippen LogP contribution < -0.4 is 4.72 Å². The second-order valence-electron chi connectivity index (χ2n) is 3.71. The Hall–Kier alpha value is -2.40. The van der Waals surface area contributed by atoms with Crippen molar-refractivity contribution >= 4 is 16.0 Å². The number of carbonyl (C=O) groups is 1. The van der Waals surface area contributed by atoms with E-state index in [1.54, 1.807) is 0 Å². The fourth-order valence-electron chi connectivity index (χ4n) is 1.44. The number of sulfonamides is 1. The number of benzene rings is 1. The van der Waals surface area contributed by atoms with E-state index in [-0.39, 0.29) is 5.82 Å². The van der Waals surface area contributed by atoms with Gasteiger partial charge in [0.1, 0.15) is 16.3 Å². The number of rotatable bonds is 5. The SMILES string of the molecule is O=C(O)c1c(F)ccc(S(=O)(=O)NCc2ncon2)c1F. The Morgan fingerprint density at radius 1 is 1.38 bits per heavy atom. The highest BCUT2D eigenvalue weighted by Gasteiger charge is 2.27. The summed E-state index contributed by atoms with van der Waals surface area (Å²) in [5.74, 6) is -5.00. The van der Waals surface area contributed by atoms with Gasteiger partial charge in [-0.3, -0.25) is 0 Å². The zero-order valence-electron chi connectivity index (χ0n) is 10.1. The van der Waals surface area contributed by atoms with Gasteiger partial charge in [-0.2, -0.15) is 4.98 Å². The van der Waals surface area contributed by atoms with Gasteiger partial charge >= 0.3 is 5.97 Å². The lowest BCUT2D eigenvalue weighted by molar-refractivity contribution is 0.0685. The van der Waals surface area contributed by atoms with Crippen LogP contribution in [0.3, 0.4) is 0 Å². The summed E-state index contributed by atoms with van der Waals surface area (Å²) in [6.07, 6.45) is 0.963. The average Bonchev–Trinajstić information content (AvgIpc) is 2.88. The third kappa shape index (κ3) is 3.03. The van der Waals surface area contributed by atoms with Crippen LogP contribution in [0.5, 0.6) is 0 Å². The maximum Gasteiger partial charge on any atom is 0.341 e. The molecule has 0 saturated heterocycles. The second kappa shape index (κ2) is 5.54. The molecule has 1 aromatic heterocycles. The molecular formula is C10H7F2N3O5S. The summed E-state index contributed by atoms with van der Waals surface area (Å²) in [4.78, 5) is 13.3. The standard InChI is InChI=1S/C10H7F2N3O5S/c11-5-1-2-6(9(12)8(5)10(16)17)21(18,19)14-3-7-13-4-20-15-7/h1-2,4,14H,3H2,(H,16,17). The lowest BCUT2D eigenvalue weighted by Crippen LogP contribution is -2.25. The summed E-state index contributed by atoms with van der Waals surface area (Å²) < 4.78 is 57.1. The first-order chi connectivity index (χ1) is 9.83. The van der Waals surface area contributed by atoms with Gasteiger partial charge in [0.05, 0.1) is 6.54 Å². The lowest BCUT2D eigenvalue weighted by Gasteiger charge is -2.08. The Balaban J connectivity index is 2.36. The van der Waals surface area contributed by atoms with Gasteiger partial charge in [0.15, 0.2) is 11.6 Å². The van der Waals surface area contributed by atoms with E-state index in [0.717, 1.165) is 6.39 Å². The van der Waals surface area contributed by atoms with Crippen LogP contribution in [-0.2, 0) is 16.6 Å². The van der Waals surface area contributed by atoms with Crippen LogP contribution in [0.4, 0.5) is 8.78 Å². The second-order valence-corrected chi connectivity index (χ2v) is 5.45. The van der Waals surface area contributed by atoms with Crippen molar-refractivity contribution in [3.8, 4) is 0 Å². The maximum atomic E-state index is 13.9. The molecule has 1 heterocycles. The molecule has 0 amide bonds. The zero-order valence-corrected chi connectivity index (χ0v) is 10.9. The van der Waals surface area contributed by atoms with Crippen LogP contribution in [0, 0.1) is 11.6 Å². The van der Waals surface area contributed by atoms with Gasteiger partial charge in [-0.05, 0) is 12.1 Å². The minimum Gasteiger partial charge on any atom is -0.477 e. The first kappa shape index (κ1) is 15.0. The number of hydrogen-bond donors (Lipinski definition) is 2. The molecule has 11 heteroatoms. The van der Waals surface area contributed by atoms with Gasteiger partial charge in [-0.1, -0.05) is 5.16 Å². The highest BCUT2D eigenvalue weighted by atomic mass is 32.2. The molecule has 0 aliphatic carbocycles. The zero-order chi connectivity index (χ0) is 15.6. The van der Waals surface area contributed by atoms with Crippen LogP contribution in [0.1, 0.15) is 16.2 Å². The molecule has 0 saturated carbocycles. The van der Waals surface area contributed by atoms with Gasteiger partial charge in [-0.15, -0.1) is 0 Å². The Labute approximate surface area is 116 Å². The summed E-state index contributed by atoms with van der Waals surface area (Å²) in [5.41, 5.74) is -1.35. The molecule has 2 N–H and O–H groups in total. The maximum absolute atomic E-state index is 13.9. The predicted molar refractivity (Wildman–Crippen MR) is 61.6 cm³/mol. The topological polar surface area (TPSA) is 122 Å². The minimum atomic E-state index is -4.42. The molecule has 21 heavy (non-hydrogen) atoms. The van der Waals surface area contributed by atoms with E-state index in [9.17, 15) is 22.0 Å². The monoisotopic (exact) mass is 319 g/mol. The van der Waals surface area contributed by atoms with Crippen LogP contribution in [0.15, 0.2) is 27.9 Å². The smallest absolute Gasteiger partial charge is 0.341 e. The Morgan fingerprint density at radius 3 is 2.67 bits per heavy atom. The van der Waals surface area contributed by atoms with E-state index in [4.69, 9.17) is 5.11 Å². The van der Waals surface area contributed by atoms with E-state index < -0.39 is 44.6 Å². The minimum absolute atomic E-state index is 0.0143. The summed E-state index contributed by atoms with van der Waals surface area (Å²) in [6.45, 7) is -0.405. The fraction of sp³-hybridized carbons (Fsp3) is 0.100. The summed E-state index contributed by atoms with van der Waals surface area (Å²) in [6, 6.07) is 1.17. The molecule has 1 aromatic carbocycles. The molecule has 0 aliphatic rings. The summed E-state index contributed by atoms with van der Waals surface area (Å²) >= 11 is 0. The number of halogens is 2. The van der Waals surface area contributed by atoms with Crippen molar-refractivity contribution in [1.82, 2.24) is 14.9 Å². The van der Waals surface area contributed by atoms with Crippen molar-refractivity contribution in [3.63, 3.8) is 0 Å². The third-order valence-corrected chi connectivity index (χ3v) is 3.81. The fourth-order valence-corrected chi connectivity index (χ4v) is 2.50. The largest absolute Gasteiger partial charge is 0.477 e. The number of nitrogens with one attached hydrogen (secondary N) is 1. The number of hydrogen-bond acceptors (Lipinski definition) is 6. The van der Waals surface area contributed by atoms with Crippen molar-refractivity contribution < 1.29 is 31.6 Å². The molecular weight excluding hydrogens is 312 g/mol. The molecule has 0 radical (unpaired) electrons. The average molecular weight is 319 g/mol. The lowest BCUT2D eigenvalue weighted by atomic mass is 10.2. The highest BCUT2D eigenvalue weighted by Crippen LogP contribution is 2.21.